The molecule has 0 saturated carbocycles. The topological polar surface area (TPSA) is 69.1 Å². The van der Waals surface area contributed by atoms with Gasteiger partial charge in [0.25, 0.3) is 0 Å². The van der Waals surface area contributed by atoms with Gasteiger partial charge in [0.15, 0.2) is 5.96 Å². The molecule has 3 N–H and O–H groups in total. The number of hydrogen-bond acceptors (Lipinski definition) is 4. The van der Waals surface area contributed by atoms with Crippen LogP contribution >= 0.6 is 35.6 Å². The first-order valence-electron chi connectivity index (χ1n) is 11.0. The van der Waals surface area contributed by atoms with Gasteiger partial charge in [-0.25, -0.2) is 0 Å². The average Bonchev–Trinajstić information content (AvgIpc) is 2.82. The summed E-state index contributed by atoms with van der Waals surface area (Å²) < 4.78 is 5.55. The summed E-state index contributed by atoms with van der Waals surface area (Å²) in [6.07, 6.45) is 0. The SMILES string of the molecule is CCNC(=NCC(CO)c1ccccc1)NCC(c1ccc(Cl)cc1)N1CCOCC1.I. The maximum atomic E-state index is 9.84. The maximum absolute atomic E-state index is 9.84. The summed E-state index contributed by atoms with van der Waals surface area (Å²) in [5.74, 6) is 0.729. The number of aliphatic hydroxyl groups is 1. The van der Waals surface area contributed by atoms with E-state index in [1.807, 2.05) is 42.5 Å². The third-order valence-electron chi connectivity index (χ3n) is 5.51. The number of rotatable bonds is 9. The van der Waals surface area contributed by atoms with Crippen molar-refractivity contribution in [3.63, 3.8) is 0 Å². The Labute approximate surface area is 213 Å². The molecule has 2 aromatic rings. The zero-order valence-electron chi connectivity index (χ0n) is 18.5. The van der Waals surface area contributed by atoms with E-state index in [9.17, 15) is 5.11 Å². The third-order valence-corrected chi connectivity index (χ3v) is 5.76. The molecule has 2 atom stereocenters. The van der Waals surface area contributed by atoms with Crippen molar-refractivity contribution in [3.8, 4) is 0 Å². The van der Waals surface area contributed by atoms with Gasteiger partial charge in [-0.1, -0.05) is 54.1 Å². The van der Waals surface area contributed by atoms with E-state index < -0.39 is 0 Å². The first-order chi connectivity index (χ1) is 15.2. The number of nitrogens with one attached hydrogen (secondary N) is 2. The lowest BCUT2D eigenvalue weighted by Gasteiger charge is -2.35. The van der Waals surface area contributed by atoms with Gasteiger partial charge in [-0.05, 0) is 30.2 Å². The van der Waals surface area contributed by atoms with E-state index >= 15 is 0 Å². The normalized spacial score (nSPS) is 16.7. The standard InChI is InChI=1S/C24H33ClN4O2.HI/c1-2-26-24(27-16-21(18-30)19-6-4-3-5-7-19)28-17-23(29-12-14-31-15-13-29)20-8-10-22(25)11-9-20;/h3-11,21,23,30H,2,12-18H2,1H3,(H2,26,27,28);1H. The van der Waals surface area contributed by atoms with Gasteiger partial charge in [0.2, 0.25) is 0 Å². The summed E-state index contributed by atoms with van der Waals surface area (Å²) in [5, 5.41) is 17.4. The minimum atomic E-state index is -0.0250. The van der Waals surface area contributed by atoms with Gasteiger partial charge >= 0.3 is 0 Å². The number of guanidine groups is 1. The van der Waals surface area contributed by atoms with E-state index in [1.165, 1.54) is 5.56 Å². The van der Waals surface area contributed by atoms with Crippen LogP contribution in [0.2, 0.25) is 5.02 Å². The maximum Gasteiger partial charge on any atom is 0.191 e. The highest BCUT2D eigenvalue weighted by Gasteiger charge is 2.23. The average molecular weight is 573 g/mol. The molecule has 1 fully saturated rings. The largest absolute Gasteiger partial charge is 0.396 e. The Morgan fingerprint density at radius 3 is 2.38 bits per heavy atom. The number of ether oxygens (including phenoxy) is 1. The molecular formula is C24H34ClIN4O2. The summed E-state index contributed by atoms with van der Waals surface area (Å²) in [4.78, 5) is 7.19. The molecule has 0 amide bonds. The lowest BCUT2D eigenvalue weighted by molar-refractivity contribution is 0.0170. The minimum absolute atomic E-state index is 0. The molecule has 2 unspecified atom stereocenters. The number of benzene rings is 2. The van der Waals surface area contributed by atoms with Crippen molar-refractivity contribution in [2.45, 2.75) is 18.9 Å². The molecule has 0 spiro atoms. The van der Waals surface area contributed by atoms with Crippen LogP contribution in [-0.2, 0) is 4.74 Å². The smallest absolute Gasteiger partial charge is 0.191 e. The summed E-state index contributed by atoms with van der Waals surface area (Å²) >= 11 is 6.11. The van der Waals surface area contributed by atoms with E-state index in [0.717, 1.165) is 49.4 Å². The second-order valence-corrected chi connectivity index (χ2v) is 8.04. The van der Waals surface area contributed by atoms with Crippen LogP contribution in [0.3, 0.4) is 0 Å². The van der Waals surface area contributed by atoms with Gasteiger partial charge in [0, 0.05) is 37.1 Å². The quantitative estimate of drug-likeness (QED) is 0.243. The van der Waals surface area contributed by atoms with Crippen molar-refractivity contribution in [3.05, 3.63) is 70.7 Å². The number of morpholine rings is 1. The summed E-state index contributed by atoms with van der Waals surface area (Å²) in [7, 11) is 0. The van der Waals surface area contributed by atoms with E-state index in [4.69, 9.17) is 21.3 Å². The highest BCUT2D eigenvalue weighted by Crippen LogP contribution is 2.23. The Hall–Kier alpha value is -1.39. The molecule has 1 heterocycles. The van der Waals surface area contributed by atoms with Crippen LogP contribution in [0, 0.1) is 0 Å². The number of hydrogen-bond donors (Lipinski definition) is 3. The summed E-state index contributed by atoms with van der Waals surface area (Å²) in [6, 6.07) is 18.3. The van der Waals surface area contributed by atoms with Crippen molar-refractivity contribution < 1.29 is 9.84 Å². The summed E-state index contributed by atoms with van der Waals surface area (Å²) in [6.45, 7) is 7.38. The molecule has 0 aromatic heterocycles. The molecule has 0 radical (unpaired) electrons. The Bertz CT molecular complexity index is 801. The highest BCUT2D eigenvalue weighted by molar-refractivity contribution is 14.0. The van der Waals surface area contributed by atoms with E-state index in [2.05, 4.69) is 34.6 Å². The fraction of sp³-hybridized carbons (Fsp3) is 0.458. The third kappa shape index (κ3) is 8.19. The second kappa shape index (κ2) is 14.7. The van der Waals surface area contributed by atoms with Gasteiger partial charge in [0.1, 0.15) is 0 Å². The van der Waals surface area contributed by atoms with Crippen molar-refractivity contribution in [1.82, 2.24) is 15.5 Å². The summed E-state index contributed by atoms with van der Waals surface area (Å²) in [5.41, 5.74) is 2.31. The molecule has 1 aliphatic heterocycles. The predicted molar refractivity (Wildman–Crippen MR) is 142 cm³/mol. The fourth-order valence-corrected chi connectivity index (χ4v) is 3.89. The van der Waals surface area contributed by atoms with Crippen LogP contribution in [0.15, 0.2) is 59.6 Å². The molecule has 2 aromatic carbocycles. The van der Waals surface area contributed by atoms with Crippen LogP contribution in [0.1, 0.15) is 30.0 Å². The van der Waals surface area contributed by atoms with Gasteiger partial charge in [0.05, 0.1) is 32.4 Å². The molecule has 3 rings (SSSR count). The second-order valence-electron chi connectivity index (χ2n) is 7.61. The fourth-order valence-electron chi connectivity index (χ4n) is 3.76. The van der Waals surface area contributed by atoms with Gasteiger partial charge in [-0.2, -0.15) is 0 Å². The molecule has 1 saturated heterocycles. The zero-order chi connectivity index (χ0) is 21.9. The molecule has 0 aliphatic carbocycles. The first kappa shape index (κ1) is 26.9. The van der Waals surface area contributed by atoms with Crippen LogP contribution in [0.4, 0.5) is 0 Å². The van der Waals surface area contributed by atoms with E-state index in [0.29, 0.717) is 13.1 Å². The Morgan fingerprint density at radius 1 is 1.06 bits per heavy atom. The van der Waals surface area contributed by atoms with Crippen LogP contribution < -0.4 is 10.6 Å². The van der Waals surface area contributed by atoms with Crippen molar-refractivity contribution in [2.24, 2.45) is 4.99 Å². The monoisotopic (exact) mass is 572 g/mol. The van der Waals surface area contributed by atoms with Gasteiger partial charge in [-0.3, -0.25) is 9.89 Å². The number of halogens is 2. The molecule has 0 bridgehead atoms. The van der Waals surface area contributed by atoms with Crippen molar-refractivity contribution >= 4 is 41.5 Å². The lowest BCUT2D eigenvalue weighted by Crippen LogP contribution is -2.46. The number of aliphatic hydroxyl groups excluding tert-OH is 1. The Balaban J connectivity index is 0.00000363. The zero-order valence-corrected chi connectivity index (χ0v) is 21.6. The van der Waals surface area contributed by atoms with Crippen molar-refractivity contribution in [2.75, 3.05) is 52.5 Å². The predicted octanol–water partition coefficient (Wildman–Crippen LogP) is 3.66. The Kier molecular flexibility index (Phi) is 12.3. The Morgan fingerprint density at radius 2 is 1.75 bits per heavy atom. The van der Waals surface area contributed by atoms with E-state index in [1.54, 1.807) is 0 Å². The van der Waals surface area contributed by atoms with Gasteiger partial charge in [-0.15, -0.1) is 24.0 Å². The molecule has 6 nitrogen and oxygen atoms in total. The molecule has 1 aliphatic rings. The first-order valence-corrected chi connectivity index (χ1v) is 11.3. The number of nitrogens with zero attached hydrogens (tertiary/aromatic N) is 2. The van der Waals surface area contributed by atoms with Gasteiger partial charge < -0.3 is 20.5 Å². The highest BCUT2D eigenvalue weighted by atomic mass is 127. The van der Waals surface area contributed by atoms with Crippen LogP contribution in [0.5, 0.6) is 0 Å². The van der Waals surface area contributed by atoms with Crippen molar-refractivity contribution in [1.29, 1.82) is 0 Å². The van der Waals surface area contributed by atoms with E-state index in [-0.39, 0.29) is 42.5 Å². The van der Waals surface area contributed by atoms with Crippen LogP contribution in [0.25, 0.3) is 0 Å². The number of aliphatic imine (C=N–C) groups is 1. The molecular weight excluding hydrogens is 539 g/mol. The molecule has 32 heavy (non-hydrogen) atoms. The lowest BCUT2D eigenvalue weighted by atomic mass is 10.0. The molecule has 176 valence electrons. The molecule has 8 heteroatoms. The van der Waals surface area contributed by atoms with Crippen LogP contribution in [-0.4, -0.2) is 68.5 Å². The minimum Gasteiger partial charge on any atom is -0.396 e.